The van der Waals surface area contributed by atoms with E-state index in [4.69, 9.17) is 14.3 Å². The van der Waals surface area contributed by atoms with Gasteiger partial charge in [0.05, 0.1) is 24.0 Å². The van der Waals surface area contributed by atoms with Crippen LogP contribution in [0.3, 0.4) is 0 Å². The molecule has 8 heteroatoms. The summed E-state index contributed by atoms with van der Waals surface area (Å²) in [6.45, 7) is 2.64. The van der Waals surface area contributed by atoms with Crippen molar-refractivity contribution in [1.82, 2.24) is 0 Å². The second-order valence-corrected chi connectivity index (χ2v) is 9.53. The third-order valence-corrected chi connectivity index (χ3v) is 7.07. The van der Waals surface area contributed by atoms with E-state index in [9.17, 15) is 14.0 Å². The highest BCUT2D eigenvalue weighted by atomic mass is 19.1. The molecule has 2 heterocycles. The Bertz CT molecular complexity index is 1530. The highest BCUT2D eigenvalue weighted by Gasteiger charge is 2.60. The van der Waals surface area contributed by atoms with Crippen LogP contribution in [-0.4, -0.2) is 24.5 Å². The Morgan fingerprint density at radius 3 is 2.23 bits per heavy atom. The van der Waals surface area contributed by atoms with Gasteiger partial charge in [0.2, 0.25) is 5.91 Å². The number of hydrogen-bond acceptors (Lipinski definition) is 6. The molecule has 0 N–H and O–H groups in total. The quantitative estimate of drug-likeness (QED) is 0.262. The number of rotatable bonds is 8. The second-order valence-electron chi connectivity index (χ2n) is 9.53. The predicted molar refractivity (Wildman–Crippen MR) is 147 cm³/mol. The van der Waals surface area contributed by atoms with Crippen LogP contribution in [0.15, 0.2) is 103 Å². The van der Waals surface area contributed by atoms with Crippen LogP contribution in [0.25, 0.3) is 0 Å². The van der Waals surface area contributed by atoms with Crippen molar-refractivity contribution in [2.75, 3.05) is 16.6 Å². The summed E-state index contributed by atoms with van der Waals surface area (Å²) in [4.78, 5) is 34.4. The number of benzene rings is 4. The van der Waals surface area contributed by atoms with Crippen LogP contribution in [-0.2, 0) is 21.0 Å². The van der Waals surface area contributed by atoms with E-state index in [2.05, 4.69) is 0 Å². The molecular formula is C32H27FN2O5. The molecule has 0 unspecified atom stereocenters. The van der Waals surface area contributed by atoms with Crippen LogP contribution in [0.5, 0.6) is 11.5 Å². The minimum atomic E-state index is -1.11. The van der Waals surface area contributed by atoms with Gasteiger partial charge in [-0.25, -0.2) is 14.4 Å². The second kappa shape index (κ2) is 10.8. The number of amides is 2. The Labute approximate surface area is 231 Å². The van der Waals surface area contributed by atoms with Crippen LogP contribution in [0.2, 0.25) is 0 Å². The molecule has 0 bridgehead atoms. The third kappa shape index (κ3) is 4.56. The number of nitrogens with zero attached hydrogens (tertiary/aromatic N) is 2. The molecule has 2 amide bonds. The number of halogens is 1. The lowest BCUT2D eigenvalue weighted by molar-refractivity contribution is -0.126. The molecule has 0 spiro atoms. The van der Waals surface area contributed by atoms with Gasteiger partial charge in [0, 0.05) is 0 Å². The zero-order valence-corrected chi connectivity index (χ0v) is 21.8. The lowest BCUT2D eigenvalue weighted by Gasteiger charge is -2.29. The van der Waals surface area contributed by atoms with Gasteiger partial charge in [0.15, 0.2) is 17.6 Å². The van der Waals surface area contributed by atoms with E-state index in [1.54, 1.807) is 17.2 Å². The van der Waals surface area contributed by atoms with E-state index < -0.39 is 35.7 Å². The summed E-state index contributed by atoms with van der Waals surface area (Å²) < 4.78 is 26.7. The van der Waals surface area contributed by atoms with Crippen molar-refractivity contribution in [3.8, 4) is 11.5 Å². The van der Waals surface area contributed by atoms with Crippen molar-refractivity contribution in [2.24, 2.45) is 5.92 Å². The predicted octanol–water partition coefficient (Wildman–Crippen LogP) is 5.85. The summed E-state index contributed by atoms with van der Waals surface area (Å²) in [5.41, 5.74) is 2.31. The maximum atomic E-state index is 14.7. The molecule has 2 aliphatic heterocycles. The Hall–Kier alpha value is -4.69. The average Bonchev–Trinajstić information content (AvgIpc) is 3.49. The molecule has 4 aromatic carbocycles. The van der Waals surface area contributed by atoms with Gasteiger partial charge in [0.25, 0.3) is 5.91 Å². The smallest absolute Gasteiger partial charge is 0.266 e. The fourth-order valence-corrected chi connectivity index (χ4v) is 5.25. The minimum Gasteiger partial charge on any atom is -0.490 e. The van der Waals surface area contributed by atoms with Gasteiger partial charge < -0.3 is 9.47 Å². The van der Waals surface area contributed by atoms with E-state index in [1.807, 2.05) is 79.7 Å². The van der Waals surface area contributed by atoms with Crippen molar-refractivity contribution < 1.29 is 28.3 Å². The molecule has 2 saturated heterocycles. The zero-order valence-electron chi connectivity index (χ0n) is 21.8. The number of ether oxygens (including phenoxy) is 2. The number of hydroxylamine groups is 1. The van der Waals surface area contributed by atoms with Gasteiger partial charge >= 0.3 is 0 Å². The van der Waals surface area contributed by atoms with E-state index in [1.165, 1.54) is 18.2 Å². The topological polar surface area (TPSA) is 68.3 Å². The molecule has 0 radical (unpaired) electrons. The first-order valence-electron chi connectivity index (χ1n) is 13.1. The van der Waals surface area contributed by atoms with E-state index >= 15 is 0 Å². The maximum Gasteiger partial charge on any atom is 0.266 e. The Morgan fingerprint density at radius 2 is 1.50 bits per heavy atom. The summed E-state index contributed by atoms with van der Waals surface area (Å²) in [5.74, 6) is -1.62. The number of imide groups is 1. The normalized spacial score (nSPS) is 20.1. The summed E-state index contributed by atoms with van der Waals surface area (Å²) in [6.07, 6.45) is -1.11. The largest absolute Gasteiger partial charge is 0.490 e. The van der Waals surface area contributed by atoms with Crippen molar-refractivity contribution >= 4 is 23.2 Å². The first-order chi connectivity index (χ1) is 19.6. The molecule has 0 saturated carbocycles. The third-order valence-electron chi connectivity index (χ3n) is 7.07. The first kappa shape index (κ1) is 25.6. The molecule has 0 aromatic heterocycles. The molecule has 0 aliphatic carbocycles. The Morgan fingerprint density at radius 1 is 0.800 bits per heavy atom. The van der Waals surface area contributed by atoms with Crippen LogP contribution in [0, 0.1) is 11.7 Å². The highest BCUT2D eigenvalue weighted by Crippen LogP contribution is 2.49. The summed E-state index contributed by atoms with van der Waals surface area (Å²) in [7, 11) is 0. The van der Waals surface area contributed by atoms with Crippen LogP contribution < -0.4 is 19.4 Å². The van der Waals surface area contributed by atoms with Gasteiger partial charge in [0.1, 0.15) is 18.3 Å². The van der Waals surface area contributed by atoms with Gasteiger partial charge in [-0.15, -0.1) is 0 Å². The standard InChI is InChI=1S/C32H27FN2O5/c1-2-38-27-19-22(17-18-26(27)39-20-21-11-5-3-6-12-21)29-28-30(40-35(29)23-13-7-4-8-14-23)32(37)34(31(28)36)25-16-10-9-15-24(25)33/h3-19,28-30H,2,20H2,1H3/t28-,29-,30-/m0/s1. The highest BCUT2D eigenvalue weighted by molar-refractivity contribution is 6.24. The fourth-order valence-electron chi connectivity index (χ4n) is 5.25. The average molecular weight is 539 g/mol. The summed E-state index contributed by atoms with van der Waals surface area (Å²) >= 11 is 0. The van der Waals surface area contributed by atoms with Crippen molar-refractivity contribution in [1.29, 1.82) is 0 Å². The number of anilines is 2. The van der Waals surface area contributed by atoms with Gasteiger partial charge in [-0.3, -0.25) is 14.4 Å². The molecule has 40 heavy (non-hydrogen) atoms. The molecule has 4 aromatic rings. The van der Waals surface area contributed by atoms with Crippen LogP contribution in [0.1, 0.15) is 24.1 Å². The maximum absolute atomic E-state index is 14.7. The Balaban J connectivity index is 1.38. The van der Waals surface area contributed by atoms with Crippen molar-refractivity contribution in [3.63, 3.8) is 0 Å². The van der Waals surface area contributed by atoms with E-state index in [0.29, 0.717) is 36.0 Å². The SMILES string of the molecule is CCOc1cc([C@H]2[C@@H]3C(=O)N(c4ccccc4F)C(=O)[C@H]3ON2c2ccccc2)ccc1OCc1ccccc1. The number of carbonyl (C=O) groups excluding carboxylic acids is 2. The lowest BCUT2D eigenvalue weighted by Crippen LogP contribution is -2.37. The minimum absolute atomic E-state index is 0.0832. The van der Waals surface area contributed by atoms with Crippen LogP contribution >= 0.6 is 0 Å². The summed E-state index contributed by atoms with van der Waals surface area (Å²) in [6, 6.07) is 29.6. The van der Waals surface area contributed by atoms with Crippen molar-refractivity contribution in [2.45, 2.75) is 25.7 Å². The van der Waals surface area contributed by atoms with E-state index in [-0.39, 0.29) is 5.69 Å². The van der Waals surface area contributed by atoms with Gasteiger partial charge in [-0.2, -0.15) is 0 Å². The molecule has 2 aliphatic rings. The van der Waals surface area contributed by atoms with Crippen molar-refractivity contribution in [3.05, 3.63) is 120 Å². The number of para-hydroxylation sites is 2. The molecule has 7 nitrogen and oxygen atoms in total. The fraction of sp³-hybridized carbons (Fsp3) is 0.188. The number of carbonyl (C=O) groups is 2. The lowest BCUT2D eigenvalue weighted by atomic mass is 9.90. The van der Waals surface area contributed by atoms with Gasteiger partial charge in [-0.1, -0.05) is 66.7 Å². The summed E-state index contributed by atoms with van der Waals surface area (Å²) in [5, 5.41) is 1.60. The molecule has 202 valence electrons. The first-order valence-corrected chi connectivity index (χ1v) is 13.1. The molecular weight excluding hydrogens is 511 g/mol. The monoisotopic (exact) mass is 538 g/mol. The molecule has 6 rings (SSSR count). The number of fused-ring (bicyclic) bond motifs is 1. The Kier molecular flexibility index (Phi) is 6.92. The zero-order chi connectivity index (χ0) is 27.6. The molecule has 3 atom stereocenters. The van der Waals surface area contributed by atoms with Gasteiger partial charge in [-0.05, 0) is 54.4 Å². The van der Waals surface area contributed by atoms with Crippen LogP contribution in [0.4, 0.5) is 15.8 Å². The van der Waals surface area contributed by atoms with E-state index in [0.717, 1.165) is 10.5 Å². The number of hydrogen-bond donors (Lipinski definition) is 0. The molecule has 2 fully saturated rings.